The van der Waals surface area contributed by atoms with Crippen LogP contribution < -0.4 is 16.0 Å². The van der Waals surface area contributed by atoms with Crippen LogP contribution in [0.25, 0.3) is 10.2 Å². The molecule has 2 saturated heterocycles. The normalized spacial score (nSPS) is 21.2. The van der Waals surface area contributed by atoms with E-state index < -0.39 is 0 Å². The highest BCUT2D eigenvalue weighted by Gasteiger charge is 2.40. The van der Waals surface area contributed by atoms with Gasteiger partial charge in [-0.05, 0) is 62.1 Å². The molecule has 0 aliphatic carbocycles. The molecule has 1 amide bonds. The Bertz CT molecular complexity index is 1360. The number of H-pyrrole nitrogens is 1. The van der Waals surface area contributed by atoms with Crippen LogP contribution in [0.15, 0.2) is 42.0 Å². The van der Waals surface area contributed by atoms with Crippen LogP contribution >= 0.6 is 11.3 Å². The lowest BCUT2D eigenvalue weighted by Crippen LogP contribution is -2.58. The number of nitrogens with zero attached hydrogens (tertiary/aromatic N) is 5. The molecule has 6 rings (SSSR count). The number of nitrogens with one attached hydrogen (secondary N) is 4. The lowest BCUT2D eigenvalue weighted by Gasteiger charge is -2.49. The van der Waals surface area contributed by atoms with Crippen LogP contribution in [0.3, 0.4) is 0 Å². The second-order valence-corrected chi connectivity index (χ2v) is 10.8. The molecule has 0 saturated carbocycles. The van der Waals surface area contributed by atoms with E-state index in [4.69, 9.17) is 9.97 Å². The van der Waals surface area contributed by atoms with Crippen LogP contribution in [-0.4, -0.2) is 60.6 Å². The van der Waals surface area contributed by atoms with Gasteiger partial charge in [-0.3, -0.25) is 14.9 Å². The lowest BCUT2D eigenvalue weighted by atomic mass is 9.81. The summed E-state index contributed by atoms with van der Waals surface area (Å²) in [5.41, 5.74) is 2.06. The molecule has 2 fully saturated rings. The first kappa shape index (κ1) is 23.8. The van der Waals surface area contributed by atoms with E-state index in [2.05, 4.69) is 36.0 Å². The number of carbonyl (C=O) groups excluding carboxylic acids is 1. The van der Waals surface area contributed by atoms with Gasteiger partial charge in [0.1, 0.15) is 10.6 Å². The molecule has 2 aliphatic heterocycles. The smallest absolute Gasteiger partial charge is 0.237 e. The molecule has 2 aliphatic rings. The van der Waals surface area contributed by atoms with Gasteiger partial charge < -0.3 is 20.9 Å². The van der Waals surface area contributed by atoms with E-state index in [-0.39, 0.29) is 24.0 Å². The highest BCUT2D eigenvalue weighted by molar-refractivity contribution is 7.16. The Morgan fingerprint density at radius 3 is 2.84 bits per heavy atom. The van der Waals surface area contributed by atoms with E-state index in [1.807, 2.05) is 42.8 Å². The standard InChI is InChI=1S/C26H31N9OS/c1-16-10-22(34-33-16)30-24-21-7-9-37-25(21)32-26(31-24)29-18-11-19-5-2-6-20(12-18)35(19)23(36)15-28-14-17-4-3-8-27-13-17/h3-4,7-10,13,18-20,28H,2,5-6,11-12,14-15H2,1H3,(H3,29,30,31,32,33,34)/t18?,19-,20+. The zero-order chi connectivity index (χ0) is 25.2. The molecule has 0 spiro atoms. The maximum atomic E-state index is 13.2. The van der Waals surface area contributed by atoms with Crippen molar-refractivity contribution in [1.29, 1.82) is 0 Å². The van der Waals surface area contributed by atoms with Crippen LogP contribution in [0.2, 0.25) is 0 Å². The van der Waals surface area contributed by atoms with E-state index in [0.717, 1.165) is 58.8 Å². The Hall–Kier alpha value is -3.57. The second kappa shape index (κ2) is 10.4. The predicted molar refractivity (Wildman–Crippen MR) is 145 cm³/mol. The molecule has 10 nitrogen and oxygen atoms in total. The van der Waals surface area contributed by atoms with Crippen molar-refractivity contribution in [3.63, 3.8) is 0 Å². The Morgan fingerprint density at radius 2 is 2.08 bits per heavy atom. The summed E-state index contributed by atoms with van der Waals surface area (Å²) in [5.74, 6) is 2.28. The van der Waals surface area contributed by atoms with Crippen molar-refractivity contribution in [2.45, 2.75) is 63.7 Å². The Labute approximate surface area is 219 Å². The number of fused-ring (bicyclic) bond motifs is 3. The molecule has 192 valence electrons. The Balaban J connectivity index is 1.12. The monoisotopic (exact) mass is 517 g/mol. The van der Waals surface area contributed by atoms with Crippen molar-refractivity contribution in [2.75, 3.05) is 17.2 Å². The molecule has 0 radical (unpaired) electrons. The summed E-state index contributed by atoms with van der Waals surface area (Å²) in [6.07, 6.45) is 8.64. The highest BCUT2D eigenvalue weighted by atomic mass is 32.1. The minimum Gasteiger partial charge on any atom is -0.351 e. The van der Waals surface area contributed by atoms with E-state index >= 15 is 0 Å². The Kier molecular flexibility index (Phi) is 6.71. The molecule has 4 aromatic heterocycles. The van der Waals surface area contributed by atoms with Crippen molar-refractivity contribution < 1.29 is 4.79 Å². The summed E-state index contributed by atoms with van der Waals surface area (Å²) in [4.78, 5) is 30.0. The van der Waals surface area contributed by atoms with Gasteiger partial charge in [0, 0.05) is 48.8 Å². The van der Waals surface area contributed by atoms with Gasteiger partial charge in [-0.15, -0.1) is 11.3 Å². The first-order chi connectivity index (χ1) is 18.1. The van der Waals surface area contributed by atoms with E-state index in [9.17, 15) is 4.79 Å². The fraction of sp³-hybridized carbons (Fsp3) is 0.423. The molecule has 0 aromatic carbocycles. The Morgan fingerprint density at radius 1 is 1.22 bits per heavy atom. The maximum Gasteiger partial charge on any atom is 0.237 e. The number of rotatable bonds is 8. The van der Waals surface area contributed by atoms with Gasteiger partial charge in [-0.25, -0.2) is 4.98 Å². The molecule has 1 unspecified atom stereocenters. The summed E-state index contributed by atoms with van der Waals surface area (Å²) in [6, 6.07) is 8.62. The van der Waals surface area contributed by atoms with E-state index in [0.29, 0.717) is 19.0 Å². The third kappa shape index (κ3) is 5.28. The number of aryl methyl sites for hydroxylation is 1. The van der Waals surface area contributed by atoms with Crippen LogP contribution in [0.5, 0.6) is 0 Å². The molecule has 4 aromatic rings. The van der Waals surface area contributed by atoms with Gasteiger partial charge in [0.15, 0.2) is 5.82 Å². The molecular weight excluding hydrogens is 486 g/mol. The summed E-state index contributed by atoms with van der Waals surface area (Å²) in [7, 11) is 0. The van der Waals surface area contributed by atoms with Crippen LogP contribution in [0.4, 0.5) is 17.6 Å². The summed E-state index contributed by atoms with van der Waals surface area (Å²) in [5, 5.41) is 20.5. The van der Waals surface area contributed by atoms with Crippen molar-refractivity contribution >= 4 is 45.0 Å². The largest absolute Gasteiger partial charge is 0.351 e. The lowest BCUT2D eigenvalue weighted by molar-refractivity contribution is -0.139. The van der Waals surface area contributed by atoms with Crippen molar-refractivity contribution in [2.24, 2.45) is 0 Å². The summed E-state index contributed by atoms with van der Waals surface area (Å²) >= 11 is 1.60. The van der Waals surface area contributed by atoms with Crippen LogP contribution in [-0.2, 0) is 11.3 Å². The van der Waals surface area contributed by atoms with Gasteiger partial charge in [0.25, 0.3) is 0 Å². The minimum absolute atomic E-state index is 0.189. The maximum absolute atomic E-state index is 13.2. The zero-order valence-electron chi connectivity index (χ0n) is 20.8. The molecule has 3 atom stereocenters. The first-order valence-corrected chi connectivity index (χ1v) is 13.7. The number of aromatic nitrogens is 5. The van der Waals surface area contributed by atoms with Crippen LogP contribution in [0.1, 0.15) is 43.4 Å². The van der Waals surface area contributed by atoms with Crippen LogP contribution in [0, 0.1) is 6.92 Å². The van der Waals surface area contributed by atoms with Gasteiger partial charge in [-0.2, -0.15) is 10.1 Å². The predicted octanol–water partition coefficient (Wildman–Crippen LogP) is 3.98. The number of amides is 1. The van der Waals surface area contributed by atoms with Crippen molar-refractivity contribution in [3.05, 3.63) is 53.3 Å². The van der Waals surface area contributed by atoms with Gasteiger partial charge in [0.2, 0.25) is 11.9 Å². The molecule has 6 heterocycles. The average molecular weight is 518 g/mol. The number of piperidine rings is 2. The third-order valence-electron chi connectivity index (χ3n) is 7.20. The molecule has 11 heteroatoms. The van der Waals surface area contributed by atoms with Crippen molar-refractivity contribution in [3.8, 4) is 0 Å². The van der Waals surface area contributed by atoms with Gasteiger partial charge >= 0.3 is 0 Å². The molecule has 37 heavy (non-hydrogen) atoms. The number of pyridine rings is 1. The highest BCUT2D eigenvalue weighted by Crippen LogP contribution is 2.36. The quantitative estimate of drug-likeness (QED) is 0.277. The number of thiophene rings is 1. The number of hydrogen-bond acceptors (Lipinski definition) is 9. The van der Waals surface area contributed by atoms with Gasteiger partial charge in [-0.1, -0.05) is 6.07 Å². The number of anilines is 3. The fourth-order valence-electron chi connectivity index (χ4n) is 5.62. The number of hydrogen-bond donors (Lipinski definition) is 4. The topological polar surface area (TPSA) is 124 Å². The van der Waals surface area contributed by atoms with E-state index in [1.54, 1.807) is 17.5 Å². The minimum atomic E-state index is 0.189. The third-order valence-corrected chi connectivity index (χ3v) is 8.01. The molecule has 2 bridgehead atoms. The SMILES string of the molecule is Cc1cc(Nc2nc(NC3C[C@H]4CCC[C@@H](C3)N4C(=O)CNCc3cccnc3)nc3sccc23)n[nH]1. The number of carbonyl (C=O) groups is 1. The fourth-order valence-corrected chi connectivity index (χ4v) is 6.38. The zero-order valence-corrected chi connectivity index (χ0v) is 21.6. The van der Waals surface area contributed by atoms with Crippen molar-refractivity contribution in [1.82, 2.24) is 35.4 Å². The molecule has 4 N–H and O–H groups in total. The summed E-state index contributed by atoms with van der Waals surface area (Å²) < 4.78 is 0. The van der Waals surface area contributed by atoms with Gasteiger partial charge in [0.05, 0.1) is 11.9 Å². The van der Waals surface area contributed by atoms with E-state index in [1.165, 1.54) is 6.42 Å². The second-order valence-electron chi connectivity index (χ2n) is 9.91. The first-order valence-electron chi connectivity index (χ1n) is 12.8. The summed E-state index contributed by atoms with van der Waals surface area (Å²) in [6.45, 7) is 2.96. The number of aromatic amines is 1. The molecular formula is C26H31N9OS. The average Bonchev–Trinajstić information content (AvgIpc) is 3.53.